The fraction of sp³-hybridized carbons (Fsp3) is 0.308. The fourth-order valence-corrected chi connectivity index (χ4v) is 2.07. The number of benzene rings is 1. The molecule has 0 aliphatic heterocycles. The Morgan fingerprint density at radius 2 is 2.00 bits per heavy atom. The molecule has 6 heteroatoms. The van der Waals surface area contributed by atoms with E-state index in [0.717, 1.165) is 17.5 Å². The molecule has 0 radical (unpaired) electrons. The number of aromatic nitrogens is 2. The van der Waals surface area contributed by atoms with Crippen LogP contribution >= 0.6 is 11.6 Å². The fourth-order valence-electron chi connectivity index (χ4n) is 1.85. The van der Waals surface area contributed by atoms with Gasteiger partial charge in [0.25, 0.3) is 0 Å². The summed E-state index contributed by atoms with van der Waals surface area (Å²) in [6.07, 6.45) is 0. The SMILES string of the molecule is Cc1nn(C)c(CNCc2ccc(F)c(F)c2)c1Cl. The van der Waals surface area contributed by atoms with Crippen LogP contribution in [-0.2, 0) is 20.1 Å². The molecule has 1 aromatic heterocycles. The minimum absolute atomic E-state index is 0.428. The largest absolute Gasteiger partial charge is 0.307 e. The highest BCUT2D eigenvalue weighted by Crippen LogP contribution is 2.19. The van der Waals surface area contributed by atoms with Crippen molar-refractivity contribution >= 4 is 11.6 Å². The Balaban J connectivity index is 1.98. The van der Waals surface area contributed by atoms with Crippen LogP contribution in [0.25, 0.3) is 0 Å². The molecule has 2 rings (SSSR count). The maximum Gasteiger partial charge on any atom is 0.159 e. The number of hydrogen-bond acceptors (Lipinski definition) is 2. The Bertz CT molecular complexity index is 596. The molecule has 0 aliphatic carbocycles. The molecule has 0 amide bonds. The Morgan fingerprint density at radius 3 is 2.58 bits per heavy atom. The summed E-state index contributed by atoms with van der Waals surface area (Å²) in [7, 11) is 1.81. The summed E-state index contributed by atoms with van der Waals surface area (Å²) in [5.41, 5.74) is 2.31. The van der Waals surface area contributed by atoms with Crippen LogP contribution in [0.3, 0.4) is 0 Å². The number of halogens is 3. The quantitative estimate of drug-likeness (QED) is 0.936. The van der Waals surface area contributed by atoms with Gasteiger partial charge in [0.2, 0.25) is 0 Å². The molecule has 102 valence electrons. The second-order valence-electron chi connectivity index (χ2n) is 4.32. The molecule has 2 aromatic rings. The summed E-state index contributed by atoms with van der Waals surface area (Å²) in [4.78, 5) is 0. The van der Waals surface area contributed by atoms with E-state index in [1.165, 1.54) is 6.07 Å². The first-order valence-corrected chi connectivity index (χ1v) is 6.19. The van der Waals surface area contributed by atoms with Crippen molar-refractivity contribution in [2.45, 2.75) is 20.0 Å². The molecule has 1 heterocycles. The predicted molar refractivity (Wildman–Crippen MR) is 69.9 cm³/mol. The second kappa shape index (κ2) is 5.67. The Hall–Kier alpha value is -1.46. The van der Waals surface area contributed by atoms with Gasteiger partial charge >= 0.3 is 0 Å². The van der Waals surface area contributed by atoms with Gasteiger partial charge < -0.3 is 5.32 Å². The maximum absolute atomic E-state index is 13.0. The Kier molecular flexibility index (Phi) is 4.17. The molecule has 3 nitrogen and oxygen atoms in total. The highest BCUT2D eigenvalue weighted by atomic mass is 35.5. The minimum Gasteiger partial charge on any atom is -0.307 e. The van der Waals surface area contributed by atoms with Crippen molar-refractivity contribution in [3.8, 4) is 0 Å². The van der Waals surface area contributed by atoms with Gasteiger partial charge in [-0.1, -0.05) is 17.7 Å². The van der Waals surface area contributed by atoms with E-state index in [2.05, 4.69) is 10.4 Å². The van der Waals surface area contributed by atoms with Crippen molar-refractivity contribution in [3.05, 3.63) is 51.8 Å². The first-order chi connectivity index (χ1) is 8.99. The van der Waals surface area contributed by atoms with Gasteiger partial charge in [-0.25, -0.2) is 8.78 Å². The lowest BCUT2D eigenvalue weighted by atomic mass is 10.2. The van der Waals surface area contributed by atoms with E-state index in [1.54, 1.807) is 10.7 Å². The average molecular weight is 286 g/mol. The highest BCUT2D eigenvalue weighted by molar-refractivity contribution is 6.31. The van der Waals surface area contributed by atoms with E-state index in [4.69, 9.17) is 11.6 Å². The van der Waals surface area contributed by atoms with Gasteiger partial charge in [0.1, 0.15) is 0 Å². The molecular formula is C13H14ClF2N3. The van der Waals surface area contributed by atoms with Crippen LogP contribution in [0.4, 0.5) is 8.78 Å². The lowest BCUT2D eigenvalue weighted by Gasteiger charge is -2.06. The van der Waals surface area contributed by atoms with E-state index in [9.17, 15) is 8.78 Å². The van der Waals surface area contributed by atoms with Gasteiger partial charge in [-0.05, 0) is 24.6 Å². The van der Waals surface area contributed by atoms with Crippen LogP contribution in [-0.4, -0.2) is 9.78 Å². The molecular weight excluding hydrogens is 272 g/mol. The third-order valence-electron chi connectivity index (χ3n) is 2.87. The predicted octanol–water partition coefficient (Wildman–Crippen LogP) is 2.95. The van der Waals surface area contributed by atoms with Gasteiger partial charge in [-0.15, -0.1) is 0 Å². The number of rotatable bonds is 4. The second-order valence-corrected chi connectivity index (χ2v) is 4.70. The zero-order valence-corrected chi connectivity index (χ0v) is 11.4. The highest BCUT2D eigenvalue weighted by Gasteiger charge is 2.10. The summed E-state index contributed by atoms with van der Waals surface area (Å²) >= 11 is 6.11. The molecule has 0 saturated carbocycles. The molecule has 0 aliphatic rings. The van der Waals surface area contributed by atoms with Crippen molar-refractivity contribution in [2.75, 3.05) is 0 Å². The lowest BCUT2D eigenvalue weighted by molar-refractivity contribution is 0.505. The van der Waals surface area contributed by atoms with Gasteiger partial charge in [0.05, 0.1) is 16.4 Å². The summed E-state index contributed by atoms with van der Waals surface area (Å²) in [5.74, 6) is -1.68. The first kappa shape index (κ1) is 14.0. The van der Waals surface area contributed by atoms with E-state index >= 15 is 0 Å². The Labute approximate surface area is 115 Å². The molecule has 0 bridgehead atoms. The van der Waals surface area contributed by atoms with Gasteiger partial charge in [0.15, 0.2) is 11.6 Å². The number of hydrogen-bond donors (Lipinski definition) is 1. The van der Waals surface area contributed by atoms with Gasteiger partial charge in [-0.2, -0.15) is 5.10 Å². The Morgan fingerprint density at radius 1 is 1.26 bits per heavy atom. The molecule has 1 aromatic carbocycles. The van der Waals surface area contributed by atoms with Crippen LogP contribution in [0.1, 0.15) is 17.0 Å². The number of nitrogens with zero attached hydrogens (tertiary/aromatic N) is 2. The summed E-state index contributed by atoms with van der Waals surface area (Å²) < 4.78 is 27.5. The standard InChI is InChI=1S/C13H14ClF2N3/c1-8-13(14)12(19(2)18-8)7-17-6-9-3-4-10(15)11(16)5-9/h3-5,17H,6-7H2,1-2H3. The van der Waals surface area contributed by atoms with Crippen molar-refractivity contribution in [3.63, 3.8) is 0 Å². The summed E-state index contributed by atoms with van der Waals surface area (Å²) in [6.45, 7) is 2.77. The minimum atomic E-state index is -0.839. The normalized spacial score (nSPS) is 11.0. The molecule has 19 heavy (non-hydrogen) atoms. The summed E-state index contributed by atoms with van der Waals surface area (Å²) in [5, 5.41) is 7.95. The van der Waals surface area contributed by atoms with E-state index in [0.29, 0.717) is 23.7 Å². The van der Waals surface area contributed by atoms with Crippen LogP contribution in [0, 0.1) is 18.6 Å². The molecule has 1 N–H and O–H groups in total. The molecule has 0 spiro atoms. The molecule has 0 unspecified atom stereocenters. The van der Waals surface area contributed by atoms with E-state index in [-0.39, 0.29) is 0 Å². The van der Waals surface area contributed by atoms with Crippen LogP contribution < -0.4 is 5.32 Å². The van der Waals surface area contributed by atoms with E-state index in [1.807, 2.05) is 14.0 Å². The smallest absolute Gasteiger partial charge is 0.159 e. The molecule has 0 fully saturated rings. The van der Waals surface area contributed by atoms with Crippen molar-refractivity contribution in [1.29, 1.82) is 0 Å². The zero-order valence-electron chi connectivity index (χ0n) is 10.7. The van der Waals surface area contributed by atoms with Crippen molar-refractivity contribution in [2.24, 2.45) is 7.05 Å². The summed E-state index contributed by atoms with van der Waals surface area (Å²) in [6, 6.07) is 3.84. The van der Waals surface area contributed by atoms with Gasteiger partial charge in [0, 0.05) is 20.1 Å². The van der Waals surface area contributed by atoms with Gasteiger partial charge in [-0.3, -0.25) is 4.68 Å². The molecule has 0 saturated heterocycles. The lowest BCUT2D eigenvalue weighted by Crippen LogP contribution is -2.15. The maximum atomic E-state index is 13.0. The van der Waals surface area contributed by atoms with Crippen molar-refractivity contribution < 1.29 is 8.78 Å². The third-order valence-corrected chi connectivity index (χ3v) is 3.36. The van der Waals surface area contributed by atoms with E-state index < -0.39 is 11.6 Å². The van der Waals surface area contributed by atoms with Crippen LogP contribution in [0.2, 0.25) is 5.02 Å². The first-order valence-electron chi connectivity index (χ1n) is 5.81. The number of nitrogens with one attached hydrogen (secondary N) is 1. The average Bonchev–Trinajstić information content (AvgIpc) is 2.60. The topological polar surface area (TPSA) is 29.9 Å². The third kappa shape index (κ3) is 3.11. The molecule has 0 atom stereocenters. The van der Waals surface area contributed by atoms with Crippen LogP contribution in [0.15, 0.2) is 18.2 Å². The monoisotopic (exact) mass is 285 g/mol. The number of aryl methyl sites for hydroxylation is 2. The zero-order chi connectivity index (χ0) is 14.0. The van der Waals surface area contributed by atoms with Crippen LogP contribution in [0.5, 0.6) is 0 Å². The van der Waals surface area contributed by atoms with Crippen molar-refractivity contribution in [1.82, 2.24) is 15.1 Å².